The highest BCUT2D eigenvalue weighted by atomic mass is 35.5. The number of phenols is 1. The van der Waals surface area contributed by atoms with Gasteiger partial charge in [0, 0.05) is 6.61 Å². The van der Waals surface area contributed by atoms with Gasteiger partial charge in [0.1, 0.15) is 11.9 Å². The molecule has 1 unspecified atom stereocenters. The van der Waals surface area contributed by atoms with Crippen molar-refractivity contribution in [3.63, 3.8) is 0 Å². The molecule has 1 heterocycles. The van der Waals surface area contributed by atoms with Gasteiger partial charge in [0.2, 0.25) is 5.82 Å². The predicted octanol–water partition coefficient (Wildman–Crippen LogP) is 3.58. The van der Waals surface area contributed by atoms with Crippen molar-refractivity contribution in [3.8, 4) is 17.2 Å². The Hall–Kier alpha value is -1.59. The number of aromatic nitrogens is 2. The van der Waals surface area contributed by atoms with Gasteiger partial charge in [-0.05, 0) is 31.5 Å². The zero-order valence-corrected chi connectivity index (χ0v) is 11.5. The lowest BCUT2D eigenvalue weighted by molar-refractivity contribution is 0.0518. The Balaban J connectivity index is 2.32. The maximum absolute atomic E-state index is 9.47. The van der Waals surface area contributed by atoms with E-state index in [4.69, 9.17) is 20.9 Å². The normalized spacial score (nSPS) is 12.6. The molecule has 0 radical (unpaired) electrons. The maximum Gasteiger partial charge on any atom is 0.259 e. The van der Waals surface area contributed by atoms with Crippen LogP contribution in [-0.2, 0) is 4.74 Å². The molecule has 2 aromatic rings. The van der Waals surface area contributed by atoms with E-state index in [0.717, 1.165) is 6.42 Å². The third kappa shape index (κ3) is 3.05. The van der Waals surface area contributed by atoms with Gasteiger partial charge < -0.3 is 14.4 Å². The van der Waals surface area contributed by atoms with Crippen molar-refractivity contribution in [3.05, 3.63) is 29.0 Å². The summed E-state index contributed by atoms with van der Waals surface area (Å²) in [6.45, 7) is 4.47. The second-order valence-corrected chi connectivity index (χ2v) is 4.38. The van der Waals surface area contributed by atoms with Gasteiger partial charge in [-0.15, -0.1) is 0 Å². The van der Waals surface area contributed by atoms with Crippen LogP contribution < -0.4 is 0 Å². The summed E-state index contributed by atoms with van der Waals surface area (Å²) >= 11 is 6.04. The summed E-state index contributed by atoms with van der Waals surface area (Å²) in [5, 5.41) is 13.8. The first-order valence-electron chi connectivity index (χ1n) is 6.09. The van der Waals surface area contributed by atoms with Crippen LogP contribution in [0.1, 0.15) is 32.2 Å². The van der Waals surface area contributed by atoms with Crippen molar-refractivity contribution in [1.29, 1.82) is 0 Å². The summed E-state index contributed by atoms with van der Waals surface area (Å²) in [6.07, 6.45) is 0.555. The minimum atomic E-state index is -0.196. The molecule has 0 fully saturated rings. The van der Waals surface area contributed by atoms with Crippen molar-refractivity contribution >= 4 is 11.6 Å². The molecule has 0 spiro atoms. The van der Waals surface area contributed by atoms with E-state index >= 15 is 0 Å². The molecule has 19 heavy (non-hydrogen) atoms. The van der Waals surface area contributed by atoms with Crippen LogP contribution in [0.5, 0.6) is 5.75 Å². The van der Waals surface area contributed by atoms with Crippen molar-refractivity contribution in [1.82, 2.24) is 10.1 Å². The summed E-state index contributed by atoms with van der Waals surface area (Å²) in [5.41, 5.74) is 0.506. The van der Waals surface area contributed by atoms with Gasteiger partial charge in [-0.25, -0.2) is 0 Å². The van der Waals surface area contributed by atoms with E-state index in [1.807, 2.05) is 13.8 Å². The van der Waals surface area contributed by atoms with Crippen LogP contribution in [0.4, 0.5) is 0 Å². The van der Waals surface area contributed by atoms with Gasteiger partial charge in [-0.1, -0.05) is 23.7 Å². The molecule has 102 valence electrons. The van der Waals surface area contributed by atoms with Gasteiger partial charge in [0.25, 0.3) is 5.89 Å². The van der Waals surface area contributed by atoms with Crippen LogP contribution >= 0.6 is 11.6 Å². The van der Waals surface area contributed by atoms with E-state index in [2.05, 4.69) is 10.1 Å². The second kappa shape index (κ2) is 6.04. The first-order chi connectivity index (χ1) is 9.15. The highest BCUT2D eigenvalue weighted by Crippen LogP contribution is 2.31. The fourth-order valence-electron chi connectivity index (χ4n) is 1.73. The first kappa shape index (κ1) is 13.8. The lowest BCUT2D eigenvalue weighted by Gasteiger charge is -2.09. The number of phenolic OH excluding ortho intramolecular Hbond substituents is 1. The highest BCUT2D eigenvalue weighted by Gasteiger charge is 2.19. The third-order valence-electron chi connectivity index (χ3n) is 2.65. The van der Waals surface area contributed by atoms with E-state index in [-0.39, 0.29) is 17.7 Å². The summed E-state index contributed by atoms with van der Waals surface area (Å²) < 4.78 is 10.7. The zero-order chi connectivity index (χ0) is 13.8. The van der Waals surface area contributed by atoms with Gasteiger partial charge in [0.15, 0.2) is 0 Å². The van der Waals surface area contributed by atoms with Crippen LogP contribution in [-0.4, -0.2) is 21.9 Å². The topological polar surface area (TPSA) is 68.4 Å². The summed E-state index contributed by atoms with van der Waals surface area (Å²) in [7, 11) is 0. The summed E-state index contributed by atoms with van der Waals surface area (Å²) in [6, 6.07) is 4.56. The number of rotatable bonds is 5. The van der Waals surface area contributed by atoms with E-state index in [1.165, 1.54) is 12.1 Å². The highest BCUT2D eigenvalue weighted by molar-refractivity contribution is 6.33. The summed E-state index contributed by atoms with van der Waals surface area (Å²) in [4.78, 5) is 4.27. The molecule has 0 bridgehead atoms. The van der Waals surface area contributed by atoms with Gasteiger partial charge in [-0.2, -0.15) is 4.98 Å². The Morgan fingerprint density at radius 2 is 2.21 bits per heavy atom. The van der Waals surface area contributed by atoms with Crippen LogP contribution in [0.2, 0.25) is 5.02 Å². The van der Waals surface area contributed by atoms with Crippen molar-refractivity contribution in [2.45, 2.75) is 26.4 Å². The molecular weight excluding hydrogens is 268 g/mol. The van der Waals surface area contributed by atoms with E-state index in [0.29, 0.717) is 23.0 Å². The quantitative estimate of drug-likeness (QED) is 0.908. The second-order valence-electron chi connectivity index (χ2n) is 3.97. The van der Waals surface area contributed by atoms with Gasteiger partial charge in [0.05, 0.1) is 10.6 Å². The number of hydrogen-bond donors (Lipinski definition) is 1. The molecular formula is C13H15ClN2O3. The number of ether oxygens (including phenoxy) is 1. The molecule has 0 aliphatic heterocycles. The Labute approximate surface area is 116 Å². The van der Waals surface area contributed by atoms with E-state index < -0.39 is 0 Å². The standard InChI is InChI=1S/C13H15ClN2O3/c1-3-11(18-4-2)12-15-13(19-16-12)9-7-8(17)5-6-10(9)14/h5-7,11,17H,3-4H2,1-2H3. The minimum Gasteiger partial charge on any atom is -0.508 e. The van der Waals surface area contributed by atoms with Crippen molar-refractivity contribution < 1.29 is 14.4 Å². The zero-order valence-electron chi connectivity index (χ0n) is 10.8. The SMILES string of the molecule is CCOC(CC)c1noc(-c2cc(O)ccc2Cl)n1. The molecule has 5 nitrogen and oxygen atoms in total. The Bertz CT molecular complexity index is 557. The molecule has 1 atom stereocenters. The fraction of sp³-hybridized carbons (Fsp3) is 0.385. The fourth-order valence-corrected chi connectivity index (χ4v) is 1.93. The Kier molecular flexibility index (Phi) is 4.39. The number of aromatic hydroxyl groups is 1. The Morgan fingerprint density at radius 3 is 2.89 bits per heavy atom. The molecule has 2 rings (SSSR count). The molecule has 0 amide bonds. The van der Waals surface area contributed by atoms with Crippen molar-refractivity contribution in [2.75, 3.05) is 6.61 Å². The number of hydrogen-bond acceptors (Lipinski definition) is 5. The average molecular weight is 283 g/mol. The molecule has 0 aliphatic rings. The first-order valence-corrected chi connectivity index (χ1v) is 6.47. The monoisotopic (exact) mass is 282 g/mol. The maximum atomic E-state index is 9.47. The Morgan fingerprint density at radius 1 is 1.42 bits per heavy atom. The lowest BCUT2D eigenvalue weighted by atomic mass is 10.2. The minimum absolute atomic E-state index is 0.0935. The molecule has 6 heteroatoms. The van der Waals surface area contributed by atoms with Crippen LogP contribution in [0.15, 0.2) is 22.7 Å². The van der Waals surface area contributed by atoms with Crippen molar-refractivity contribution in [2.24, 2.45) is 0 Å². The van der Waals surface area contributed by atoms with E-state index in [1.54, 1.807) is 6.07 Å². The number of halogens is 1. The molecule has 0 saturated carbocycles. The predicted molar refractivity (Wildman–Crippen MR) is 71.1 cm³/mol. The molecule has 0 saturated heterocycles. The number of nitrogens with zero attached hydrogens (tertiary/aromatic N) is 2. The molecule has 1 N–H and O–H groups in total. The van der Waals surface area contributed by atoms with Gasteiger partial charge >= 0.3 is 0 Å². The largest absolute Gasteiger partial charge is 0.508 e. The van der Waals surface area contributed by atoms with Crippen LogP contribution in [0, 0.1) is 0 Å². The summed E-state index contributed by atoms with van der Waals surface area (Å²) in [5.74, 6) is 0.851. The smallest absolute Gasteiger partial charge is 0.259 e. The van der Waals surface area contributed by atoms with Gasteiger partial charge in [-0.3, -0.25) is 0 Å². The van der Waals surface area contributed by atoms with Crippen LogP contribution in [0.3, 0.4) is 0 Å². The third-order valence-corrected chi connectivity index (χ3v) is 2.98. The lowest BCUT2D eigenvalue weighted by Crippen LogP contribution is -2.04. The van der Waals surface area contributed by atoms with Crippen LogP contribution in [0.25, 0.3) is 11.5 Å². The molecule has 1 aromatic heterocycles. The van der Waals surface area contributed by atoms with E-state index in [9.17, 15) is 5.11 Å². The molecule has 0 aliphatic carbocycles. The molecule has 1 aromatic carbocycles. The average Bonchev–Trinajstić information content (AvgIpc) is 2.88. The number of benzene rings is 1.